The van der Waals surface area contributed by atoms with Crippen LogP contribution in [0, 0.1) is 6.92 Å². The molecule has 0 aliphatic heterocycles. The van der Waals surface area contributed by atoms with Gasteiger partial charge in [0.2, 0.25) is 0 Å². The molecule has 13 heavy (non-hydrogen) atoms. The summed E-state index contributed by atoms with van der Waals surface area (Å²) in [6, 6.07) is 5.18. The zero-order valence-corrected chi connectivity index (χ0v) is 6.89. The second kappa shape index (κ2) is 3.38. The van der Waals surface area contributed by atoms with Gasteiger partial charge in [0.25, 0.3) is 0 Å². The third-order valence-corrected chi connectivity index (χ3v) is 1.56. The summed E-state index contributed by atoms with van der Waals surface area (Å²) in [5, 5.41) is 8.99. The van der Waals surface area contributed by atoms with E-state index in [1.807, 2.05) is 0 Å². The minimum absolute atomic E-state index is 0.468. The molecule has 0 heterocycles. The second-order valence-corrected chi connectivity index (χ2v) is 2.72. The van der Waals surface area contributed by atoms with Gasteiger partial charge >= 0.3 is 6.18 Å². The molecule has 1 aromatic carbocycles. The minimum atomic E-state index is -4.99. The van der Waals surface area contributed by atoms with Crippen LogP contribution >= 0.6 is 0 Å². The molecule has 1 rings (SSSR count). The summed E-state index contributed by atoms with van der Waals surface area (Å²) in [7, 11) is 0. The quantitative estimate of drug-likeness (QED) is 0.723. The SMILES string of the molecule is [2H]C(O)(c1cccc(C)c1)C(F)(F)F. The van der Waals surface area contributed by atoms with E-state index >= 15 is 0 Å². The van der Waals surface area contributed by atoms with E-state index in [4.69, 9.17) is 6.48 Å². The lowest BCUT2D eigenvalue weighted by Gasteiger charge is -2.14. The fraction of sp³-hybridized carbons (Fsp3) is 0.333. The van der Waals surface area contributed by atoms with Crippen LogP contribution in [0.25, 0.3) is 0 Å². The van der Waals surface area contributed by atoms with Gasteiger partial charge in [0.15, 0.2) is 6.08 Å². The van der Waals surface area contributed by atoms with Gasteiger partial charge in [-0.3, -0.25) is 0 Å². The Kier molecular flexibility index (Phi) is 2.22. The minimum Gasteiger partial charge on any atom is -0.379 e. The topological polar surface area (TPSA) is 20.2 Å². The van der Waals surface area contributed by atoms with Gasteiger partial charge in [-0.2, -0.15) is 13.2 Å². The van der Waals surface area contributed by atoms with E-state index in [9.17, 15) is 13.2 Å². The maximum atomic E-state index is 12.2. The van der Waals surface area contributed by atoms with Crippen molar-refractivity contribution in [2.45, 2.75) is 19.2 Å². The molecule has 0 aliphatic carbocycles. The summed E-state index contributed by atoms with van der Waals surface area (Å²) in [6.45, 7) is 1.59. The first-order valence-electron chi connectivity index (χ1n) is 4.11. The highest BCUT2D eigenvalue weighted by molar-refractivity contribution is 5.24. The van der Waals surface area contributed by atoms with Crippen LogP contribution in [0.2, 0.25) is 0 Å². The Labute approximate surface area is 75.2 Å². The summed E-state index contributed by atoms with van der Waals surface area (Å²) >= 11 is 0. The molecule has 0 aliphatic rings. The van der Waals surface area contributed by atoms with E-state index in [-0.39, 0.29) is 0 Å². The van der Waals surface area contributed by atoms with Crippen molar-refractivity contribution in [3.05, 3.63) is 35.4 Å². The van der Waals surface area contributed by atoms with Gasteiger partial charge in [-0.25, -0.2) is 0 Å². The first-order valence-corrected chi connectivity index (χ1v) is 3.61. The van der Waals surface area contributed by atoms with Crippen molar-refractivity contribution in [1.82, 2.24) is 0 Å². The Bertz CT molecular complexity index is 333. The predicted molar refractivity (Wildman–Crippen MR) is 42.2 cm³/mol. The molecule has 0 radical (unpaired) electrons. The standard InChI is InChI=1S/C9H9F3O/c1-6-3-2-4-7(5-6)8(13)9(10,11)12/h2-5,8,13H,1H3/i8D. The molecule has 1 unspecified atom stereocenters. The third-order valence-electron chi connectivity index (χ3n) is 1.56. The van der Waals surface area contributed by atoms with E-state index in [1.54, 1.807) is 13.0 Å². The number of hydrogen-bond acceptors (Lipinski definition) is 1. The number of benzene rings is 1. The summed E-state index contributed by atoms with van der Waals surface area (Å²) < 4.78 is 43.5. The van der Waals surface area contributed by atoms with E-state index in [0.717, 1.165) is 12.1 Å². The number of aliphatic hydroxyl groups is 1. The Morgan fingerprint density at radius 2 is 2.08 bits per heavy atom. The molecule has 1 atom stereocenters. The molecular weight excluding hydrogens is 181 g/mol. The van der Waals surface area contributed by atoms with E-state index in [2.05, 4.69) is 0 Å². The highest BCUT2D eigenvalue weighted by atomic mass is 19.4. The Hall–Kier alpha value is -1.03. The molecule has 1 nitrogen and oxygen atoms in total. The largest absolute Gasteiger partial charge is 0.418 e. The fourth-order valence-corrected chi connectivity index (χ4v) is 0.956. The van der Waals surface area contributed by atoms with E-state index in [1.165, 1.54) is 6.07 Å². The summed E-state index contributed by atoms with van der Waals surface area (Å²) in [6.07, 6.45) is -8.51. The normalized spacial score (nSPS) is 17.8. The smallest absolute Gasteiger partial charge is 0.379 e. The molecule has 0 amide bonds. The average molecular weight is 191 g/mol. The predicted octanol–water partition coefficient (Wildman–Crippen LogP) is 2.59. The van der Waals surface area contributed by atoms with Crippen LogP contribution in [0.3, 0.4) is 0 Å². The van der Waals surface area contributed by atoms with Crippen molar-refractivity contribution >= 4 is 0 Å². The van der Waals surface area contributed by atoms with Gasteiger partial charge < -0.3 is 5.11 Å². The maximum Gasteiger partial charge on any atom is 0.418 e. The Morgan fingerprint density at radius 1 is 1.46 bits per heavy atom. The van der Waals surface area contributed by atoms with Crippen molar-refractivity contribution in [3.63, 3.8) is 0 Å². The molecule has 1 aromatic rings. The third kappa shape index (κ3) is 2.45. The highest BCUT2D eigenvalue weighted by Gasteiger charge is 2.39. The van der Waals surface area contributed by atoms with Gasteiger partial charge in [-0.1, -0.05) is 29.8 Å². The fourth-order valence-electron chi connectivity index (χ4n) is 0.956. The van der Waals surface area contributed by atoms with Gasteiger partial charge in [0, 0.05) is 0 Å². The first kappa shape index (κ1) is 8.56. The maximum absolute atomic E-state index is 12.2. The lowest BCUT2D eigenvalue weighted by molar-refractivity contribution is -0.206. The molecule has 0 aromatic heterocycles. The zero-order valence-electron chi connectivity index (χ0n) is 7.89. The number of aryl methyl sites for hydroxylation is 1. The van der Waals surface area contributed by atoms with Crippen LogP contribution < -0.4 is 0 Å². The van der Waals surface area contributed by atoms with Crippen molar-refractivity contribution in [1.29, 1.82) is 0 Å². The average Bonchev–Trinajstić information content (AvgIpc) is 2.02. The van der Waals surface area contributed by atoms with Gasteiger partial charge in [-0.05, 0) is 12.5 Å². The van der Waals surface area contributed by atoms with Gasteiger partial charge in [0.1, 0.15) is 0 Å². The lowest BCUT2D eigenvalue weighted by Crippen LogP contribution is -2.20. The Balaban J connectivity index is 3.16. The van der Waals surface area contributed by atoms with Crippen LogP contribution in [0.5, 0.6) is 0 Å². The van der Waals surface area contributed by atoms with Gasteiger partial charge in [0.05, 0.1) is 1.37 Å². The monoisotopic (exact) mass is 191 g/mol. The zero-order chi connectivity index (χ0) is 11.0. The molecule has 4 heteroatoms. The van der Waals surface area contributed by atoms with Crippen molar-refractivity contribution in [2.75, 3.05) is 0 Å². The second-order valence-electron chi connectivity index (χ2n) is 2.72. The molecule has 0 fully saturated rings. The summed E-state index contributed by atoms with van der Waals surface area (Å²) in [5.41, 5.74) is 0.0995. The first-order chi connectivity index (χ1) is 6.25. The number of hydrogen-bond donors (Lipinski definition) is 1. The lowest BCUT2D eigenvalue weighted by atomic mass is 10.1. The highest BCUT2D eigenvalue weighted by Crippen LogP contribution is 2.32. The van der Waals surface area contributed by atoms with Crippen molar-refractivity contribution in [2.24, 2.45) is 0 Å². The van der Waals surface area contributed by atoms with E-state index < -0.39 is 17.8 Å². The molecule has 0 saturated heterocycles. The van der Waals surface area contributed by atoms with Crippen molar-refractivity contribution in [3.8, 4) is 0 Å². The number of halogens is 3. The molecular formula is C9H9F3O. The molecule has 1 N–H and O–H groups in total. The van der Waals surface area contributed by atoms with E-state index in [0.29, 0.717) is 5.56 Å². The van der Waals surface area contributed by atoms with Gasteiger partial charge in [-0.15, -0.1) is 0 Å². The van der Waals surface area contributed by atoms with Crippen LogP contribution in [-0.4, -0.2) is 11.3 Å². The summed E-state index contributed by atoms with van der Waals surface area (Å²) in [4.78, 5) is 0. The summed E-state index contributed by atoms with van der Waals surface area (Å²) in [5.74, 6) is 0. The molecule has 0 saturated carbocycles. The molecule has 72 valence electrons. The molecule has 0 spiro atoms. The van der Waals surface area contributed by atoms with Crippen LogP contribution in [0.4, 0.5) is 13.2 Å². The Morgan fingerprint density at radius 3 is 2.54 bits per heavy atom. The van der Waals surface area contributed by atoms with Crippen LogP contribution in [0.15, 0.2) is 24.3 Å². The number of rotatable bonds is 1. The van der Waals surface area contributed by atoms with Crippen molar-refractivity contribution < 1.29 is 19.6 Å². The van der Waals surface area contributed by atoms with Crippen LogP contribution in [0.1, 0.15) is 18.6 Å². The van der Waals surface area contributed by atoms with Crippen LogP contribution in [-0.2, 0) is 0 Å². The number of alkyl halides is 3. The molecule has 0 bridgehead atoms.